The molecular formula is C17H26FIO2Si. The van der Waals surface area contributed by atoms with Crippen LogP contribution in [0.1, 0.15) is 25.3 Å². The molecule has 2 nitrogen and oxygen atoms in total. The summed E-state index contributed by atoms with van der Waals surface area (Å²) in [6.45, 7) is 5.73. The first-order chi connectivity index (χ1) is 10.3. The summed E-state index contributed by atoms with van der Waals surface area (Å²) in [6.07, 6.45) is 2.41. The molecule has 1 aromatic rings. The van der Waals surface area contributed by atoms with Crippen LogP contribution >= 0.6 is 22.6 Å². The topological polar surface area (TPSA) is 29.5 Å². The molecule has 124 valence electrons. The molecule has 22 heavy (non-hydrogen) atoms. The highest BCUT2D eigenvalue weighted by Crippen LogP contribution is 2.46. The number of ether oxygens (including phenoxy) is 1. The molecule has 1 aliphatic heterocycles. The first-order valence-electron chi connectivity index (χ1n) is 8.02. The van der Waals surface area contributed by atoms with Crippen molar-refractivity contribution in [1.29, 1.82) is 0 Å². The molecule has 0 unspecified atom stereocenters. The highest BCUT2D eigenvalue weighted by Gasteiger charge is 2.50. The molecular weight excluding hydrogens is 410 g/mol. The van der Waals surface area contributed by atoms with Crippen LogP contribution in [0.25, 0.3) is 0 Å². The van der Waals surface area contributed by atoms with Crippen molar-refractivity contribution in [3.05, 3.63) is 33.4 Å². The summed E-state index contributed by atoms with van der Waals surface area (Å²) in [5.74, 6) is 0.228. The van der Waals surface area contributed by atoms with E-state index >= 15 is 0 Å². The Morgan fingerprint density at radius 3 is 2.59 bits per heavy atom. The first-order valence-corrected chi connectivity index (χ1v) is 12.1. The molecule has 1 saturated heterocycles. The number of halogens is 2. The molecule has 1 aliphatic rings. The van der Waals surface area contributed by atoms with Gasteiger partial charge in [0.1, 0.15) is 0 Å². The monoisotopic (exact) mass is 436 g/mol. The summed E-state index contributed by atoms with van der Waals surface area (Å²) in [7, 11) is -2.78. The van der Waals surface area contributed by atoms with Crippen molar-refractivity contribution < 1.29 is 14.0 Å². The minimum atomic E-state index is -2.78. The Hall–Kier alpha value is 0.0169. The van der Waals surface area contributed by atoms with E-state index in [1.54, 1.807) is 13.1 Å². The number of aliphatic hydroxyl groups excluding tert-OH is 1. The fraction of sp³-hybridized carbons (Fsp3) is 0.647. The predicted molar refractivity (Wildman–Crippen MR) is 99.3 cm³/mol. The van der Waals surface area contributed by atoms with E-state index in [0.29, 0.717) is 6.42 Å². The van der Waals surface area contributed by atoms with Gasteiger partial charge in [-0.25, -0.2) is 0 Å². The lowest BCUT2D eigenvalue weighted by Crippen LogP contribution is -2.36. The van der Waals surface area contributed by atoms with Crippen molar-refractivity contribution in [2.45, 2.75) is 57.0 Å². The highest BCUT2D eigenvalue weighted by atomic mass is 127. The van der Waals surface area contributed by atoms with Crippen LogP contribution in [-0.2, 0) is 11.2 Å². The van der Waals surface area contributed by atoms with Gasteiger partial charge in [-0.05, 0) is 78.6 Å². The largest absolute Gasteiger partial charge is 0.396 e. The fourth-order valence-corrected chi connectivity index (χ4v) is 6.98. The van der Waals surface area contributed by atoms with E-state index in [-0.39, 0.29) is 30.3 Å². The van der Waals surface area contributed by atoms with Crippen molar-refractivity contribution in [1.82, 2.24) is 0 Å². The second kappa shape index (κ2) is 7.72. The van der Waals surface area contributed by atoms with Crippen molar-refractivity contribution in [2.75, 3.05) is 6.61 Å². The van der Waals surface area contributed by atoms with Crippen LogP contribution in [0, 0.1) is 9.49 Å². The van der Waals surface area contributed by atoms with Crippen molar-refractivity contribution >= 4 is 31.0 Å². The number of hydrogen-bond acceptors (Lipinski definition) is 2. The maximum atomic E-state index is 14.7. The van der Waals surface area contributed by atoms with E-state index in [1.165, 1.54) is 9.13 Å². The Morgan fingerprint density at radius 2 is 2.00 bits per heavy atom. The molecule has 0 radical (unpaired) electrons. The average molecular weight is 436 g/mol. The smallest absolute Gasteiger partial charge is 0.246 e. The molecule has 5 heteroatoms. The van der Waals surface area contributed by atoms with Gasteiger partial charge in [-0.15, -0.1) is 0 Å². The zero-order valence-electron chi connectivity index (χ0n) is 13.6. The minimum absolute atomic E-state index is 0.0134. The third-order valence-electron chi connectivity index (χ3n) is 4.72. The number of rotatable bonds is 6. The molecule has 0 spiro atoms. The van der Waals surface area contributed by atoms with Crippen molar-refractivity contribution in [2.24, 2.45) is 5.92 Å². The van der Waals surface area contributed by atoms with E-state index in [1.807, 2.05) is 0 Å². The quantitative estimate of drug-likeness (QED) is 0.403. The fourth-order valence-electron chi connectivity index (χ4n) is 3.78. The van der Waals surface area contributed by atoms with Crippen LogP contribution in [0.3, 0.4) is 0 Å². The Labute approximate surface area is 147 Å². The number of aryl methyl sites for hydroxylation is 1. The third-order valence-corrected chi connectivity index (χ3v) is 7.87. The lowest BCUT2D eigenvalue weighted by atomic mass is 9.95. The Bertz CT molecular complexity index is 492. The molecule has 0 bridgehead atoms. The molecule has 1 aromatic carbocycles. The zero-order valence-corrected chi connectivity index (χ0v) is 16.7. The summed E-state index contributed by atoms with van der Waals surface area (Å²) < 4.78 is 22.1. The summed E-state index contributed by atoms with van der Waals surface area (Å²) >= 11 is 2.32. The van der Waals surface area contributed by atoms with Gasteiger partial charge in [0.25, 0.3) is 0 Å². The number of aliphatic hydroxyl groups is 1. The van der Waals surface area contributed by atoms with Crippen molar-refractivity contribution in [3.63, 3.8) is 0 Å². The van der Waals surface area contributed by atoms with Gasteiger partial charge in [-0.2, -0.15) is 0 Å². The van der Waals surface area contributed by atoms with Gasteiger partial charge in [0.15, 0.2) is 0 Å². The number of hydrogen-bond donors (Lipinski definition) is 1. The zero-order chi connectivity index (χ0) is 16.3. The van der Waals surface area contributed by atoms with Crippen LogP contribution in [0.5, 0.6) is 0 Å². The van der Waals surface area contributed by atoms with Gasteiger partial charge < -0.3 is 14.0 Å². The van der Waals surface area contributed by atoms with Crippen LogP contribution in [-0.4, -0.2) is 32.3 Å². The molecule has 1 heterocycles. The van der Waals surface area contributed by atoms with E-state index in [4.69, 9.17) is 4.74 Å². The van der Waals surface area contributed by atoms with Crippen LogP contribution in [0.15, 0.2) is 24.3 Å². The normalized spacial score (nSPS) is 29.0. The molecule has 0 aromatic heterocycles. The lowest BCUT2D eigenvalue weighted by molar-refractivity contribution is 0.0193. The molecule has 0 aliphatic carbocycles. The van der Waals surface area contributed by atoms with Gasteiger partial charge in [-0.1, -0.05) is 19.1 Å². The van der Waals surface area contributed by atoms with Gasteiger partial charge in [-0.3, -0.25) is 0 Å². The van der Waals surface area contributed by atoms with Crippen LogP contribution < -0.4 is 0 Å². The molecule has 1 fully saturated rings. The summed E-state index contributed by atoms with van der Waals surface area (Å²) in [5, 5.41) is 9.23. The van der Waals surface area contributed by atoms with Gasteiger partial charge in [0, 0.05) is 15.7 Å². The lowest BCUT2D eigenvalue weighted by Gasteiger charge is -2.28. The molecule has 0 amide bonds. The predicted octanol–water partition coefficient (Wildman–Crippen LogP) is 4.55. The average Bonchev–Trinajstić information content (AvgIpc) is 2.73. The van der Waals surface area contributed by atoms with E-state index in [0.717, 1.165) is 12.8 Å². The van der Waals surface area contributed by atoms with Crippen LogP contribution in [0.2, 0.25) is 18.6 Å². The minimum Gasteiger partial charge on any atom is -0.396 e. The summed E-state index contributed by atoms with van der Waals surface area (Å²) in [5.41, 5.74) is 1.29. The first kappa shape index (κ1) is 18.4. The molecule has 2 rings (SSSR count). The summed E-state index contributed by atoms with van der Waals surface area (Å²) in [4.78, 5) is 0. The maximum Gasteiger partial charge on any atom is 0.246 e. The van der Waals surface area contributed by atoms with E-state index in [9.17, 15) is 9.21 Å². The molecule has 4 atom stereocenters. The molecule has 1 N–H and O–H groups in total. The van der Waals surface area contributed by atoms with Gasteiger partial charge in [0.2, 0.25) is 8.41 Å². The Kier molecular flexibility index (Phi) is 6.45. The van der Waals surface area contributed by atoms with Crippen LogP contribution in [0.4, 0.5) is 4.11 Å². The van der Waals surface area contributed by atoms with Crippen molar-refractivity contribution in [3.8, 4) is 0 Å². The Balaban J connectivity index is 2.02. The maximum absolute atomic E-state index is 14.7. The van der Waals surface area contributed by atoms with Gasteiger partial charge >= 0.3 is 0 Å². The second-order valence-electron chi connectivity index (χ2n) is 6.84. The second-order valence-corrected chi connectivity index (χ2v) is 11.9. The van der Waals surface area contributed by atoms with Gasteiger partial charge in [0.05, 0.1) is 12.2 Å². The van der Waals surface area contributed by atoms with E-state index < -0.39 is 8.41 Å². The SMILES string of the molecule is C[C@H]1[C@H]([Si](C)(C)F)[C@@H](CCO)O[C@H]1CCc1cccc(I)c1. The third kappa shape index (κ3) is 4.52. The number of benzene rings is 1. The standard InChI is InChI=1S/C17H26FIO2Si/c1-12-15(8-7-13-5-4-6-14(19)11-13)21-16(9-10-20)17(12)22(2,3)18/h4-6,11-12,15-17,20H,7-10H2,1-3H3/t12-,15+,16-,17+/m1/s1. The van der Waals surface area contributed by atoms with E-state index in [2.05, 4.69) is 53.8 Å². The highest BCUT2D eigenvalue weighted by molar-refractivity contribution is 14.1. The Morgan fingerprint density at radius 1 is 1.27 bits per heavy atom. The molecule has 0 saturated carbocycles. The summed E-state index contributed by atoms with van der Waals surface area (Å²) in [6, 6.07) is 8.49.